The molecule has 1 saturated heterocycles. The number of amides is 1. The third kappa shape index (κ3) is 3.16. The zero-order valence-corrected chi connectivity index (χ0v) is 14.6. The number of hydrogen-bond donors (Lipinski definition) is 0. The van der Waals surface area contributed by atoms with E-state index in [2.05, 4.69) is 24.2 Å². The third-order valence-corrected chi connectivity index (χ3v) is 5.09. The molecule has 0 radical (unpaired) electrons. The van der Waals surface area contributed by atoms with E-state index in [1.54, 1.807) is 0 Å². The summed E-state index contributed by atoms with van der Waals surface area (Å²) in [6, 6.07) is 18.4. The van der Waals surface area contributed by atoms with E-state index < -0.39 is 0 Å². The van der Waals surface area contributed by atoms with Crippen LogP contribution < -0.4 is 5.01 Å². The summed E-state index contributed by atoms with van der Waals surface area (Å²) in [7, 11) is 0. The molecule has 4 rings (SSSR count). The van der Waals surface area contributed by atoms with Gasteiger partial charge >= 0.3 is 0 Å². The van der Waals surface area contributed by atoms with Gasteiger partial charge in [-0.2, -0.15) is 5.10 Å². The molecule has 2 aromatic rings. The molecule has 1 atom stereocenters. The second-order valence-electron chi connectivity index (χ2n) is 6.82. The first kappa shape index (κ1) is 15.9. The van der Waals surface area contributed by atoms with Crippen molar-refractivity contribution in [2.24, 2.45) is 5.10 Å². The number of benzene rings is 2. The fraction of sp³-hybridized carbons (Fsp3) is 0.333. The second-order valence-corrected chi connectivity index (χ2v) is 6.82. The SMILES string of the molecule is CC1=NN(c2ccc(C(=O)N3CCC[C@@H]3c3ccccc3)cc2)CC1. The van der Waals surface area contributed by atoms with Crippen LogP contribution in [-0.2, 0) is 0 Å². The van der Waals surface area contributed by atoms with Gasteiger partial charge in [0.1, 0.15) is 0 Å². The van der Waals surface area contributed by atoms with Crippen molar-refractivity contribution in [1.29, 1.82) is 0 Å². The molecule has 2 aromatic carbocycles. The van der Waals surface area contributed by atoms with Gasteiger partial charge in [-0.25, -0.2) is 0 Å². The Hall–Kier alpha value is -2.62. The van der Waals surface area contributed by atoms with E-state index in [1.807, 2.05) is 52.4 Å². The Bertz CT molecular complexity index is 783. The average molecular weight is 333 g/mol. The molecule has 0 spiro atoms. The summed E-state index contributed by atoms with van der Waals surface area (Å²) in [5.74, 6) is 0.124. The van der Waals surface area contributed by atoms with Gasteiger partial charge in [0.2, 0.25) is 0 Å². The van der Waals surface area contributed by atoms with Crippen molar-refractivity contribution in [1.82, 2.24) is 4.90 Å². The molecule has 0 aromatic heterocycles. The van der Waals surface area contributed by atoms with Gasteiger partial charge in [0, 0.05) is 30.8 Å². The zero-order valence-electron chi connectivity index (χ0n) is 14.6. The minimum absolute atomic E-state index is 0.124. The predicted octanol–water partition coefficient (Wildman–Crippen LogP) is 4.25. The molecule has 2 aliphatic heterocycles. The molecule has 0 saturated carbocycles. The summed E-state index contributed by atoms with van der Waals surface area (Å²) in [6.07, 6.45) is 3.11. The van der Waals surface area contributed by atoms with Crippen LogP contribution in [0.2, 0.25) is 0 Å². The molecule has 25 heavy (non-hydrogen) atoms. The summed E-state index contributed by atoms with van der Waals surface area (Å²) < 4.78 is 0. The van der Waals surface area contributed by atoms with Crippen molar-refractivity contribution in [2.45, 2.75) is 32.2 Å². The molecule has 4 nitrogen and oxygen atoms in total. The maximum absolute atomic E-state index is 13.0. The number of nitrogens with zero attached hydrogens (tertiary/aromatic N) is 3. The summed E-state index contributed by atoms with van der Waals surface area (Å²) >= 11 is 0. The largest absolute Gasteiger partial charge is 0.332 e. The van der Waals surface area contributed by atoms with E-state index in [1.165, 1.54) is 5.56 Å². The molecule has 4 heteroatoms. The van der Waals surface area contributed by atoms with Crippen LogP contribution in [0, 0.1) is 0 Å². The molecular weight excluding hydrogens is 310 g/mol. The Morgan fingerprint density at radius 1 is 1.04 bits per heavy atom. The summed E-state index contributed by atoms with van der Waals surface area (Å²) in [5.41, 5.74) is 4.19. The van der Waals surface area contributed by atoms with E-state index in [0.717, 1.165) is 49.3 Å². The lowest BCUT2D eigenvalue weighted by Crippen LogP contribution is -2.30. The Kier molecular flexibility index (Phi) is 4.26. The van der Waals surface area contributed by atoms with Gasteiger partial charge in [0.25, 0.3) is 5.91 Å². The molecule has 0 aliphatic carbocycles. The van der Waals surface area contributed by atoms with Gasteiger partial charge in [-0.3, -0.25) is 9.80 Å². The van der Waals surface area contributed by atoms with Crippen molar-refractivity contribution < 1.29 is 4.79 Å². The fourth-order valence-electron chi connectivity index (χ4n) is 3.73. The minimum Gasteiger partial charge on any atom is -0.332 e. The van der Waals surface area contributed by atoms with Crippen LogP contribution in [0.4, 0.5) is 5.69 Å². The fourth-order valence-corrected chi connectivity index (χ4v) is 3.73. The number of carbonyl (C=O) groups is 1. The summed E-state index contributed by atoms with van der Waals surface area (Å²) in [4.78, 5) is 15.0. The van der Waals surface area contributed by atoms with Crippen LogP contribution >= 0.6 is 0 Å². The number of hydrogen-bond acceptors (Lipinski definition) is 3. The van der Waals surface area contributed by atoms with E-state index in [4.69, 9.17) is 0 Å². The zero-order chi connectivity index (χ0) is 17.2. The standard InChI is InChI=1S/C21H23N3O/c1-16-13-15-24(22-16)19-11-9-18(10-12-19)21(25)23-14-5-8-20(23)17-6-3-2-4-7-17/h2-4,6-7,9-12,20H,5,8,13-15H2,1H3/t20-/m1/s1. The van der Waals surface area contributed by atoms with Crippen LogP contribution in [0.15, 0.2) is 59.7 Å². The van der Waals surface area contributed by atoms with Crippen molar-refractivity contribution in [3.63, 3.8) is 0 Å². The van der Waals surface area contributed by atoms with E-state index in [9.17, 15) is 4.79 Å². The highest BCUT2D eigenvalue weighted by Crippen LogP contribution is 2.33. The highest BCUT2D eigenvalue weighted by molar-refractivity contribution is 5.95. The maximum Gasteiger partial charge on any atom is 0.254 e. The van der Waals surface area contributed by atoms with Gasteiger partial charge in [-0.1, -0.05) is 30.3 Å². The minimum atomic E-state index is 0.124. The Balaban J connectivity index is 1.52. The van der Waals surface area contributed by atoms with Crippen LogP contribution in [0.25, 0.3) is 0 Å². The molecular formula is C21H23N3O. The smallest absolute Gasteiger partial charge is 0.254 e. The molecule has 0 unspecified atom stereocenters. The van der Waals surface area contributed by atoms with Gasteiger partial charge < -0.3 is 4.90 Å². The molecule has 128 valence electrons. The molecule has 0 bridgehead atoms. The van der Waals surface area contributed by atoms with Crippen molar-refractivity contribution in [3.05, 3.63) is 65.7 Å². The quantitative estimate of drug-likeness (QED) is 0.842. The number of rotatable bonds is 3. The van der Waals surface area contributed by atoms with Crippen LogP contribution in [0.5, 0.6) is 0 Å². The lowest BCUT2D eigenvalue weighted by atomic mass is 10.0. The van der Waals surface area contributed by atoms with E-state index >= 15 is 0 Å². The summed E-state index contributed by atoms with van der Waals surface area (Å²) in [5, 5.41) is 6.52. The Morgan fingerprint density at radius 2 is 1.80 bits per heavy atom. The van der Waals surface area contributed by atoms with Gasteiger partial charge in [0.15, 0.2) is 0 Å². The Morgan fingerprint density at radius 3 is 2.48 bits per heavy atom. The monoisotopic (exact) mass is 333 g/mol. The number of likely N-dealkylation sites (tertiary alicyclic amines) is 1. The number of hydrazone groups is 1. The maximum atomic E-state index is 13.0. The second kappa shape index (κ2) is 6.71. The lowest BCUT2D eigenvalue weighted by molar-refractivity contribution is 0.0735. The van der Waals surface area contributed by atoms with Gasteiger partial charge in [-0.15, -0.1) is 0 Å². The number of anilines is 1. The summed E-state index contributed by atoms with van der Waals surface area (Å²) in [6.45, 7) is 3.80. The van der Waals surface area contributed by atoms with Gasteiger partial charge in [0.05, 0.1) is 11.7 Å². The molecule has 1 amide bonds. The first-order valence-electron chi connectivity index (χ1n) is 9.00. The van der Waals surface area contributed by atoms with Crippen LogP contribution in [0.3, 0.4) is 0 Å². The van der Waals surface area contributed by atoms with Crippen molar-refractivity contribution >= 4 is 17.3 Å². The highest BCUT2D eigenvalue weighted by atomic mass is 16.2. The topological polar surface area (TPSA) is 35.9 Å². The van der Waals surface area contributed by atoms with Crippen molar-refractivity contribution in [3.8, 4) is 0 Å². The first-order valence-corrected chi connectivity index (χ1v) is 9.00. The van der Waals surface area contributed by atoms with Gasteiger partial charge in [-0.05, 0) is 49.6 Å². The molecule has 2 aliphatic rings. The predicted molar refractivity (Wildman–Crippen MR) is 101 cm³/mol. The highest BCUT2D eigenvalue weighted by Gasteiger charge is 2.30. The number of carbonyl (C=O) groups excluding carboxylic acids is 1. The first-order chi connectivity index (χ1) is 12.2. The van der Waals surface area contributed by atoms with E-state index in [-0.39, 0.29) is 11.9 Å². The molecule has 2 heterocycles. The third-order valence-electron chi connectivity index (χ3n) is 5.09. The van der Waals surface area contributed by atoms with E-state index in [0.29, 0.717) is 0 Å². The lowest BCUT2D eigenvalue weighted by Gasteiger charge is -2.25. The average Bonchev–Trinajstić information content (AvgIpc) is 3.31. The van der Waals surface area contributed by atoms with Crippen LogP contribution in [0.1, 0.15) is 48.1 Å². The van der Waals surface area contributed by atoms with Crippen LogP contribution in [-0.4, -0.2) is 29.6 Å². The van der Waals surface area contributed by atoms with Crippen molar-refractivity contribution in [2.75, 3.05) is 18.1 Å². The normalized spacial score (nSPS) is 20.0. The molecule has 1 fully saturated rings. The molecule has 0 N–H and O–H groups in total. The Labute approximate surface area is 148 Å².